The number of pyridine rings is 1. The van der Waals surface area contributed by atoms with Gasteiger partial charge in [-0.05, 0) is 51.0 Å². The second kappa shape index (κ2) is 7.87. The highest BCUT2D eigenvalue weighted by atomic mass is 32.1. The highest BCUT2D eigenvalue weighted by molar-refractivity contribution is 7.17. The van der Waals surface area contributed by atoms with Gasteiger partial charge in [0.05, 0.1) is 5.69 Å². The second-order valence-corrected chi connectivity index (χ2v) is 7.47. The molecule has 0 aliphatic rings. The number of aromatic nitrogens is 2. The molecule has 2 heterocycles. The third-order valence-electron chi connectivity index (χ3n) is 4.21. The number of hydroxylamine groups is 1. The Kier molecular flexibility index (Phi) is 5.53. The molecule has 1 aromatic carbocycles. The molecule has 0 atom stereocenters. The predicted molar refractivity (Wildman–Crippen MR) is 108 cm³/mol. The second-order valence-electron chi connectivity index (χ2n) is 6.49. The van der Waals surface area contributed by atoms with Gasteiger partial charge in [-0.2, -0.15) is 5.06 Å². The number of nitrogens with zero attached hydrogens (tertiary/aromatic N) is 3. The van der Waals surface area contributed by atoms with Crippen molar-refractivity contribution in [1.82, 2.24) is 9.97 Å². The molecule has 28 heavy (non-hydrogen) atoms. The molecule has 0 aliphatic carbocycles. The van der Waals surface area contributed by atoms with Crippen molar-refractivity contribution >= 4 is 34.0 Å². The SMILES string of the molecule is Cc1cc(C)c(NC(=O)c2sc(N(O)C(=O)c3ccncc3)nc2C)c(C)c1. The summed E-state index contributed by atoms with van der Waals surface area (Å²) in [5.74, 6) is -0.977. The summed E-state index contributed by atoms with van der Waals surface area (Å²) in [4.78, 5) is 33.5. The third-order valence-corrected chi connectivity index (χ3v) is 5.34. The monoisotopic (exact) mass is 396 g/mol. The Morgan fingerprint density at radius 1 is 1.07 bits per heavy atom. The predicted octanol–water partition coefficient (Wildman–Crippen LogP) is 4.06. The van der Waals surface area contributed by atoms with E-state index in [1.54, 1.807) is 6.92 Å². The summed E-state index contributed by atoms with van der Waals surface area (Å²) in [6, 6.07) is 6.97. The number of carbonyl (C=O) groups is 2. The van der Waals surface area contributed by atoms with Crippen LogP contribution in [0, 0.1) is 27.7 Å². The van der Waals surface area contributed by atoms with Crippen LogP contribution in [0.25, 0.3) is 0 Å². The summed E-state index contributed by atoms with van der Waals surface area (Å²) in [6.07, 6.45) is 2.92. The van der Waals surface area contributed by atoms with Crippen molar-refractivity contribution in [2.45, 2.75) is 27.7 Å². The maximum Gasteiger partial charge on any atom is 0.284 e. The van der Waals surface area contributed by atoms with E-state index in [4.69, 9.17) is 0 Å². The van der Waals surface area contributed by atoms with Crippen LogP contribution in [0.3, 0.4) is 0 Å². The summed E-state index contributed by atoms with van der Waals surface area (Å²) in [5.41, 5.74) is 4.49. The number of aryl methyl sites for hydroxylation is 4. The molecule has 2 N–H and O–H groups in total. The van der Waals surface area contributed by atoms with Gasteiger partial charge in [-0.3, -0.25) is 19.8 Å². The highest BCUT2D eigenvalue weighted by Gasteiger charge is 2.23. The summed E-state index contributed by atoms with van der Waals surface area (Å²) in [6.45, 7) is 7.53. The smallest absolute Gasteiger partial charge is 0.284 e. The van der Waals surface area contributed by atoms with Gasteiger partial charge in [-0.15, -0.1) is 0 Å². The lowest BCUT2D eigenvalue weighted by Crippen LogP contribution is -2.26. The van der Waals surface area contributed by atoms with E-state index < -0.39 is 5.91 Å². The van der Waals surface area contributed by atoms with Gasteiger partial charge in [-0.25, -0.2) is 4.98 Å². The van der Waals surface area contributed by atoms with E-state index in [1.807, 2.05) is 32.9 Å². The van der Waals surface area contributed by atoms with Crippen LogP contribution in [0.1, 0.15) is 42.4 Å². The first kappa shape index (κ1) is 19.7. The molecule has 144 valence electrons. The molecule has 2 aromatic heterocycles. The molecule has 8 heteroatoms. The molecule has 3 aromatic rings. The molecule has 0 radical (unpaired) electrons. The lowest BCUT2D eigenvalue weighted by Gasteiger charge is -2.12. The molecule has 0 unspecified atom stereocenters. The van der Waals surface area contributed by atoms with Crippen LogP contribution >= 0.6 is 11.3 Å². The molecule has 7 nitrogen and oxygen atoms in total. The number of hydrogen-bond acceptors (Lipinski definition) is 6. The minimum Gasteiger partial charge on any atom is -0.321 e. The van der Waals surface area contributed by atoms with Gasteiger partial charge >= 0.3 is 0 Å². The normalized spacial score (nSPS) is 10.6. The average Bonchev–Trinajstić information content (AvgIpc) is 3.05. The highest BCUT2D eigenvalue weighted by Crippen LogP contribution is 2.28. The standard InChI is InChI=1S/C20H20N4O3S/c1-11-9-12(2)16(13(3)10-11)23-18(25)17-14(4)22-20(28-17)24(27)19(26)15-5-7-21-8-6-15/h5-10,27H,1-4H3,(H,23,25). The minimum absolute atomic E-state index is 0.0295. The number of carbonyl (C=O) groups excluding carboxylic acids is 2. The third kappa shape index (κ3) is 3.92. The molecular formula is C20H20N4O3S. The maximum atomic E-state index is 12.8. The molecular weight excluding hydrogens is 376 g/mol. The van der Waals surface area contributed by atoms with E-state index in [-0.39, 0.29) is 16.6 Å². The Morgan fingerprint density at radius 2 is 1.68 bits per heavy atom. The Bertz CT molecular complexity index is 1020. The molecule has 0 fully saturated rings. The Morgan fingerprint density at radius 3 is 2.29 bits per heavy atom. The number of benzene rings is 1. The van der Waals surface area contributed by atoms with Crippen molar-refractivity contribution < 1.29 is 14.8 Å². The van der Waals surface area contributed by atoms with E-state index in [0.717, 1.165) is 33.7 Å². The largest absolute Gasteiger partial charge is 0.321 e. The summed E-state index contributed by atoms with van der Waals surface area (Å²) in [5, 5.41) is 13.6. The Balaban J connectivity index is 1.84. The molecule has 3 rings (SSSR count). The van der Waals surface area contributed by atoms with E-state index in [2.05, 4.69) is 15.3 Å². The van der Waals surface area contributed by atoms with Gasteiger partial charge < -0.3 is 5.32 Å². The zero-order valence-electron chi connectivity index (χ0n) is 16.0. The fraction of sp³-hybridized carbons (Fsp3) is 0.200. The number of thiazole rings is 1. The lowest BCUT2D eigenvalue weighted by atomic mass is 10.1. The number of rotatable bonds is 4. The van der Waals surface area contributed by atoms with Crippen LogP contribution < -0.4 is 10.4 Å². The number of anilines is 2. The molecule has 0 spiro atoms. The number of hydrogen-bond donors (Lipinski definition) is 2. The zero-order valence-corrected chi connectivity index (χ0v) is 16.8. The number of nitrogens with one attached hydrogen (secondary N) is 1. The Hall–Kier alpha value is -3.10. The van der Waals surface area contributed by atoms with Crippen molar-refractivity contribution in [2.24, 2.45) is 0 Å². The summed E-state index contributed by atoms with van der Waals surface area (Å²) >= 11 is 0.949. The average molecular weight is 396 g/mol. The Labute approximate surface area is 166 Å². The van der Waals surface area contributed by atoms with E-state index in [9.17, 15) is 14.8 Å². The van der Waals surface area contributed by atoms with Gasteiger partial charge in [0.2, 0.25) is 5.13 Å². The van der Waals surface area contributed by atoms with Crippen LogP contribution in [-0.2, 0) is 0 Å². The van der Waals surface area contributed by atoms with E-state index in [0.29, 0.717) is 15.6 Å². The molecule has 0 saturated carbocycles. The molecule has 2 amide bonds. The van der Waals surface area contributed by atoms with Gasteiger partial charge in [-0.1, -0.05) is 29.0 Å². The van der Waals surface area contributed by atoms with Crippen molar-refractivity contribution in [2.75, 3.05) is 10.4 Å². The molecule has 0 bridgehead atoms. The first-order chi connectivity index (χ1) is 13.3. The minimum atomic E-state index is -0.645. The van der Waals surface area contributed by atoms with Crippen LogP contribution in [-0.4, -0.2) is 27.0 Å². The first-order valence-electron chi connectivity index (χ1n) is 8.58. The fourth-order valence-corrected chi connectivity index (χ4v) is 3.81. The summed E-state index contributed by atoms with van der Waals surface area (Å²) in [7, 11) is 0. The first-order valence-corrected chi connectivity index (χ1v) is 9.39. The zero-order chi connectivity index (χ0) is 20.4. The van der Waals surface area contributed by atoms with E-state index in [1.165, 1.54) is 24.5 Å². The van der Waals surface area contributed by atoms with Gasteiger partial charge in [0.1, 0.15) is 4.88 Å². The number of amides is 2. The molecule has 0 aliphatic heterocycles. The van der Waals surface area contributed by atoms with Crippen molar-refractivity contribution in [3.8, 4) is 0 Å². The van der Waals surface area contributed by atoms with Crippen LogP contribution in [0.4, 0.5) is 10.8 Å². The van der Waals surface area contributed by atoms with Gasteiger partial charge in [0.15, 0.2) is 0 Å². The summed E-state index contributed by atoms with van der Waals surface area (Å²) < 4.78 is 0. The lowest BCUT2D eigenvalue weighted by molar-refractivity contribution is 0.0854. The van der Waals surface area contributed by atoms with E-state index >= 15 is 0 Å². The molecule has 0 saturated heterocycles. The maximum absolute atomic E-state index is 12.8. The fourth-order valence-electron chi connectivity index (χ4n) is 2.93. The quantitative estimate of drug-likeness (QED) is 0.512. The van der Waals surface area contributed by atoms with Gasteiger partial charge in [0.25, 0.3) is 11.8 Å². The van der Waals surface area contributed by atoms with Crippen LogP contribution in [0.5, 0.6) is 0 Å². The van der Waals surface area contributed by atoms with Crippen molar-refractivity contribution in [3.05, 3.63) is 69.5 Å². The van der Waals surface area contributed by atoms with Crippen LogP contribution in [0.2, 0.25) is 0 Å². The van der Waals surface area contributed by atoms with Crippen molar-refractivity contribution in [3.63, 3.8) is 0 Å². The topological polar surface area (TPSA) is 95.4 Å². The van der Waals surface area contributed by atoms with Crippen molar-refractivity contribution in [1.29, 1.82) is 0 Å². The van der Waals surface area contributed by atoms with Gasteiger partial charge in [0, 0.05) is 23.6 Å². The van der Waals surface area contributed by atoms with Crippen LogP contribution in [0.15, 0.2) is 36.7 Å².